The number of Topliss-reactive ketones (excluding diaryl/α,β-unsaturated/α-hetero) is 1. The number of aliphatic hydroxyl groups excluding tert-OH is 1. The Morgan fingerprint density at radius 3 is 2.44 bits per heavy atom. The summed E-state index contributed by atoms with van der Waals surface area (Å²) in [6, 6.07) is 10.5. The standard InChI is InChI=1S/C26H31NO7/c1-5-33-21-15-18(9-12-20(21)28)23-22(25(30)26(31)27(23)13-6-14-32-4)24(29)17-7-10-19(11-8-17)34-16(2)3/h7-12,15-16,23,28-29H,5-6,13-14H2,1-4H3. The van der Waals surface area contributed by atoms with Crippen molar-refractivity contribution in [1.82, 2.24) is 4.90 Å². The van der Waals surface area contributed by atoms with Crippen molar-refractivity contribution in [1.29, 1.82) is 0 Å². The van der Waals surface area contributed by atoms with E-state index in [1.54, 1.807) is 50.4 Å². The molecule has 0 aliphatic carbocycles. The highest BCUT2D eigenvalue weighted by atomic mass is 16.5. The fourth-order valence-corrected chi connectivity index (χ4v) is 3.93. The summed E-state index contributed by atoms with van der Waals surface area (Å²) in [6.45, 7) is 6.60. The molecule has 2 aromatic carbocycles. The number of aliphatic hydroxyl groups is 1. The van der Waals surface area contributed by atoms with Crippen molar-refractivity contribution >= 4 is 17.4 Å². The van der Waals surface area contributed by atoms with E-state index in [4.69, 9.17) is 14.2 Å². The van der Waals surface area contributed by atoms with Gasteiger partial charge in [0.1, 0.15) is 11.5 Å². The van der Waals surface area contributed by atoms with E-state index >= 15 is 0 Å². The molecule has 1 fully saturated rings. The molecular formula is C26H31NO7. The number of hydrogen-bond acceptors (Lipinski definition) is 7. The monoisotopic (exact) mass is 469 g/mol. The highest BCUT2D eigenvalue weighted by Crippen LogP contribution is 2.42. The fraction of sp³-hybridized carbons (Fsp3) is 0.385. The van der Waals surface area contributed by atoms with Gasteiger partial charge >= 0.3 is 0 Å². The maximum absolute atomic E-state index is 13.1. The van der Waals surface area contributed by atoms with Gasteiger partial charge in [-0.15, -0.1) is 0 Å². The molecule has 34 heavy (non-hydrogen) atoms. The molecule has 1 saturated heterocycles. The lowest BCUT2D eigenvalue weighted by Crippen LogP contribution is -2.31. The number of phenolic OH excluding ortho intramolecular Hbond substituents is 1. The van der Waals surface area contributed by atoms with Gasteiger partial charge in [-0.05, 0) is 69.2 Å². The van der Waals surface area contributed by atoms with Crippen molar-refractivity contribution in [2.24, 2.45) is 0 Å². The van der Waals surface area contributed by atoms with E-state index in [9.17, 15) is 19.8 Å². The lowest BCUT2D eigenvalue weighted by molar-refractivity contribution is -0.140. The van der Waals surface area contributed by atoms with Crippen LogP contribution in [0.15, 0.2) is 48.0 Å². The summed E-state index contributed by atoms with van der Waals surface area (Å²) in [5, 5.41) is 21.3. The van der Waals surface area contributed by atoms with E-state index in [1.165, 1.54) is 11.0 Å². The number of hydrogen-bond donors (Lipinski definition) is 2. The van der Waals surface area contributed by atoms with E-state index in [0.29, 0.717) is 36.5 Å². The molecule has 1 heterocycles. The second-order valence-electron chi connectivity index (χ2n) is 8.19. The zero-order valence-electron chi connectivity index (χ0n) is 19.9. The number of benzene rings is 2. The minimum atomic E-state index is -0.844. The SMILES string of the molecule is CCOc1cc(C2C(=C(O)c3ccc(OC(C)C)cc3)C(=O)C(=O)N2CCCOC)ccc1O. The number of nitrogens with zero attached hydrogens (tertiary/aromatic N) is 1. The zero-order valence-corrected chi connectivity index (χ0v) is 19.9. The van der Waals surface area contributed by atoms with Crippen molar-refractivity contribution in [2.75, 3.05) is 26.9 Å². The van der Waals surface area contributed by atoms with E-state index in [0.717, 1.165) is 0 Å². The molecular weight excluding hydrogens is 438 g/mol. The number of carbonyl (C=O) groups excluding carboxylic acids is 2. The normalized spacial score (nSPS) is 17.4. The lowest BCUT2D eigenvalue weighted by atomic mass is 9.95. The van der Waals surface area contributed by atoms with Crippen LogP contribution in [-0.2, 0) is 14.3 Å². The Balaban J connectivity index is 2.10. The molecule has 0 bridgehead atoms. The third kappa shape index (κ3) is 5.34. The predicted octanol–water partition coefficient (Wildman–Crippen LogP) is 4.04. The Labute approximate surface area is 199 Å². The van der Waals surface area contributed by atoms with E-state index in [2.05, 4.69) is 0 Å². The number of likely N-dealkylation sites (tertiary alicyclic amines) is 1. The molecule has 0 radical (unpaired) electrons. The van der Waals surface area contributed by atoms with Crippen LogP contribution in [0.3, 0.4) is 0 Å². The highest BCUT2D eigenvalue weighted by molar-refractivity contribution is 6.46. The van der Waals surface area contributed by atoms with Gasteiger partial charge in [-0.1, -0.05) is 6.07 Å². The van der Waals surface area contributed by atoms with Crippen LogP contribution in [0.4, 0.5) is 0 Å². The molecule has 1 aliphatic heterocycles. The molecule has 0 aromatic heterocycles. The number of carbonyl (C=O) groups is 2. The van der Waals surface area contributed by atoms with E-state index < -0.39 is 17.7 Å². The minimum absolute atomic E-state index is 0.00842. The highest BCUT2D eigenvalue weighted by Gasteiger charge is 2.46. The maximum atomic E-state index is 13.1. The molecule has 8 nitrogen and oxygen atoms in total. The lowest BCUT2D eigenvalue weighted by Gasteiger charge is -2.25. The summed E-state index contributed by atoms with van der Waals surface area (Å²) >= 11 is 0. The average molecular weight is 470 g/mol. The summed E-state index contributed by atoms with van der Waals surface area (Å²) < 4.78 is 16.2. The van der Waals surface area contributed by atoms with E-state index in [-0.39, 0.29) is 35.5 Å². The molecule has 2 aromatic rings. The third-order valence-electron chi connectivity index (χ3n) is 5.39. The average Bonchev–Trinajstić information content (AvgIpc) is 3.05. The Bertz CT molecular complexity index is 1060. The van der Waals surface area contributed by atoms with Crippen molar-refractivity contribution in [3.63, 3.8) is 0 Å². The Kier molecular flexibility index (Phi) is 8.17. The quantitative estimate of drug-likeness (QED) is 0.234. The number of ketones is 1. The van der Waals surface area contributed by atoms with E-state index in [1.807, 2.05) is 13.8 Å². The molecule has 182 valence electrons. The van der Waals surface area contributed by atoms with Crippen molar-refractivity contribution in [2.45, 2.75) is 39.3 Å². The van der Waals surface area contributed by atoms with Crippen molar-refractivity contribution < 1.29 is 34.0 Å². The van der Waals surface area contributed by atoms with Gasteiger partial charge in [-0.2, -0.15) is 0 Å². The first-order valence-electron chi connectivity index (χ1n) is 11.3. The number of methoxy groups -OCH3 is 1. The molecule has 1 amide bonds. The van der Waals surface area contributed by atoms with Crippen LogP contribution in [0.5, 0.6) is 17.2 Å². The Morgan fingerprint density at radius 1 is 1.12 bits per heavy atom. The van der Waals surface area contributed by atoms with Gasteiger partial charge in [0.15, 0.2) is 11.5 Å². The number of aromatic hydroxyl groups is 1. The number of rotatable bonds is 10. The largest absolute Gasteiger partial charge is 0.507 e. The maximum Gasteiger partial charge on any atom is 0.295 e. The Morgan fingerprint density at radius 2 is 1.82 bits per heavy atom. The van der Waals surface area contributed by atoms with Crippen LogP contribution in [0, 0.1) is 0 Å². The number of amides is 1. The van der Waals surface area contributed by atoms with Crippen LogP contribution >= 0.6 is 0 Å². The topological polar surface area (TPSA) is 106 Å². The molecule has 1 unspecified atom stereocenters. The second-order valence-corrected chi connectivity index (χ2v) is 8.19. The van der Waals surface area contributed by atoms with Gasteiger partial charge in [0.05, 0.1) is 24.3 Å². The predicted molar refractivity (Wildman–Crippen MR) is 127 cm³/mol. The fourth-order valence-electron chi connectivity index (χ4n) is 3.93. The minimum Gasteiger partial charge on any atom is -0.507 e. The molecule has 3 rings (SSSR count). The number of ether oxygens (including phenoxy) is 3. The summed E-state index contributed by atoms with van der Waals surface area (Å²) in [4.78, 5) is 27.5. The summed E-state index contributed by atoms with van der Waals surface area (Å²) in [5.41, 5.74) is 0.909. The van der Waals surface area contributed by atoms with Gasteiger partial charge in [-0.25, -0.2) is 0 Å². The van der Waals surface area contributed by atoms with Crippen LogP contribution in [0.2, 0.25) is 0 Å². The van der Waals surface area contributed by atoms with Gasteiger partial charge in [-0.3, -0.25) is 9.59 Å². The molecule has 2 N–H and O–H groups in total. The van der Waals surface area contributed by atoms with Crippen LogP contribution in [0.1, 0.15) is 44.4 Å². The first-order chi connectivity index (χ1) is 16.3. The van der Waals surface area contributed by atoms with Crippen LogP contribution in [0.25, 0.3) is 5.76 Å². The van der Waals surface area contributed by atoms with Crippen LogP contribution < -0.4 is 9.47 Å². The van der Waals surface area contributed by atoms with Gasteiger partial charge in [0.25, 0.3) is 11.7 Å². The number of phenols is 1. The summed E-state index contributed by atoms with van der Waals surface area (Å²) in [5.74, 6) is -0.940. The van der Waals surface area contributed by atoms with Gasteiger partial charge < -0.3 is 29.3 Å². The third-order valence-corrected chi connectivity index (χ3v) is 5.39. The van der Waals surface area contributed by atoms with Gasteiger partial charge in [0.2, 0.25) is 0 Å². The first-order valence-corrected chi connectivity index (χ1v) is 11.3. The summed E-state index contributed by atoms with van der Waals surface area (Å²) in [6.07, 6.45) is 0.503. The zero-order chi connectivity index (χ0) is 24.8. The molecule has 1 atom stereocenters. The second kappa shape index (κ2) is 11.1. The molecule has 0 saturated carbocycles. The Hall–Kier alpha value is -3.52. The summed E-state index contributed by atoms with van der Waals surface area (Å²) in [7, 11) is 1.56. The first kappa shape index (κ1) is 25.1. The van der Waals surface area contributed by atoms with Crippen molar-refractivity contribution in [3.05, 3.63) is 59.2 Å². The molecule has 8 heteroatoms. The van der Waals surface area contributed by atoms with Gasteiger partial charge in [0, 0.05) is 25.8 Å². The van der Waals surface area contributed by atoms with Crippen LogP contribution in [-0.4, -0.2) is 59.8 Å². The molecule has 1 aliphatic rings. The van der Waals surface area contributed by atoms with Crippen molar-refractivity contribution in [3.8, 4) is 17.2 Å². The smallest absolute Gasteiger partial charge is 0.295 e. The molecule has 0 spiro atoms.